The number of oxazole rings is 1. The van der Waals surface area contributed by atoms with Crippen LogP contribution in [0.1, 0.15) is 29.7 Å². The predicted molar refractivity (Wildman–Crippen MR) is 111 cm³/mol. The Balaban J connectivity index is 1.43. The quantitative estimate of drug-likeness (QED) is 0.420. The van der Waals surface area contributed by atoms with E-state index in [2.05, 4.69) is 4.98 Å². The summed E-state index contributed by atoms with van der Waals surface area (Å²) in [6, 6.07) is 12.4. The number of benzene rings is 2. The molecular formula is C23H18F2N2O2S. The lowest BCUT2D eigenvalue weighted by Crippen LogP contribution is -2.31. The number of aromatic nitrogens is 1. The zero-order chi connectivity index (χ0) is 20.7. The van der Waals surface area contributed by atoms with Gasteiger partial charge in [-0.05, 0) is 54.1 Å². The van der Waals surface area contributed by atoms with Crippen molar-refractivity contribution in [3.8, 4) is 11.1 Å². The van der Waals surface area contributed by atoms with Gasteiger partial charge in [-0.3, -0.25) is 4.79 Å². The van der Waals surface area contributed by atoms with E-state index in [4.69, 9.17) is 4.42 Å². The second-order valence-electron chi connectivity index (χ2n) is 7.36. The Morgan fingerprint density at radius 2 is 2.10 bits per heavy atom. The molecule has 2 aromatic heterocycles. The van der Waals surface area contributed by atoms with Crippen LogP contribution >= 0.6 is 11.3 Å². The predicted octanol–water partition coefficient (Wildman–Crippen LogP) is 5.74. The van der Waals surface area contributed by atoms with Gasteiger partial charge < -0.3 is 9.32 Å². The van der Waals surface area contributed by atoms with Gasteiger partial charge in [0.2, 0.25) is 11.8 Å². The number of hydrogen-bond donors (Lipinski definition) is 0. The highest BCUT2D eigenvalue weighted by molar-refractivity contribution is 7.10. The first-order chi connectivity index (χ1) is 14.6. The normalized spacial score (nSPS) is 16.5. The summed E-state index contributed by atoms with van der Waals surface area (Å²) in [4.78, 5) is 20.3. The maximum atomic E-state index is 14.2. The van der Waals surface area contributed by atoms with E-state index in [1.807, 2.05) is 22.4 Å². The molecule has 0 radical (unpaired) electrons. The van der Waals surface area contributed by atoms with Crippen LogP contribution in [0.15, 0.2) is 58.3 Å². The number of hydrogen-bond acceptors (Lipinski definition) is 4. The molecule has 1 saturated heterocycles. The lowest BCUT2D eigenvalue weighted by molar-refractivity contribution is -0.131. The smallest absolute Gasteiger partial charge is 0.228 e. The van der Waals surface area contributed by atoms with Crippen LogP contribution in [-0.4, -0.2) is 22.3 Å². The Bertz CT molecular complexity index is 1220. The van der Waals surface area contributed by atoms with Crippen LogP contribution < -0.4 is 0 Å². The SMILES string of the molecule is O=C(Cc1cccs1)N1CCC[C@@H]1c1nc2cc(-c3ccc(F)cc3F)ccc2o1. The first-order valence-electron chi connectivity index (χ1n) is 9.76. The van der Waals surface area contributed by atoms with Crippen molar-refractivity contribution < 1.29 is 18.0 Å². The molecule has 0 bridgehead atoms. The molecule has 1 fully saturated rings. The monoisotopic (exact) mass is 424 g/mol. The molecule has 0 saturated carbocycles. The van der Waals surface area contributed by atoms with Crippen LogP contribution in [0.3, 0.4) is 0 Å². The number of halogens is 2. The van der Waals surface area contributed by atoms with Gasteiger partial charge in [0.05, 0.1) is 6.42 Å². The molecule has 152 valence electrons. The standard InChI is InChI=1S/C23H18F2N2O2S/c24-15-6-7-17(18(25)12-15)14-5-8-21-19(11-14)26-23(29-21)20-4-1-9-27(20)22(28)13-16-3-2-10-30-16/h2-3,5-8,10-12,20H,1,4,9,13H2/t20-/m1/s1. The van der Waals surface area contributed by atoms with Crippen LogP contribution in [0.4, 0.5) is 8.78 Å². The minimum atomic E-state index is -0.626. The molecule has 1 atom stereocenters. The zero-order valence-electron chi connectivity index (χ0n) is 16.0. The highest BCUT2D eigenvalue weighted by Crippen LogP contribution is 2.35. The molecule has 0 spiro atoms. The van der Waals surface area contributed by atoms with E-state index in [0.717, 1.165) is 23.8 Å². The van der Waals surface area contributed by atoms with Gasteiger partial charge in [0.15, 0.2) is 5.58 Å². The molecule has 1 aliphatic heterocycles. The van der Waals surface area contributed by atoms with Gasteiger partial charge in [0.1, 0.15) is 23.2 Å². The van der Waals surface area contributed by atoms with Crippen molar-refractivity contribution >= 4 is 28.3 Å². The molecule has 7 heteroatoms. The zero-order valence-corrected chi connectivity index (χ0v) is 16.8. The van der Waals surface area contributed by atoms with Crippen molar-refractivity contribution in [3.05, 3.63) is 76.3 Å². The van der Waals surface area contributed by atoms with Gasteiger partial charge in [-0.15, -0.1) is 11.3 Å². The van der Waals surface area contributed by atoms with Crippen molar-refractivity contribution in [3.63, 3.8) is 0 Å². The lowest BCUT2D eigenvalue weighted by atomic mass is 10.0. The Morgan fingerprint density at radius 1 is 1.20 bits per heavy atom. The molecular weight excluding hydrogens is 406 g/mol. The number of thiophene rings is 1. The third-order valence-electron chi connectivity index (χ3n) is 5.41. The summed E-state index contributed by atoms with van der Waals surface area (Å²) in [5.41, 5.74) is 2.06. The minimum Gasteiger partial charge on any atom is -0.438 e. The van der Waals surface area contributed by atoms with E-state index < -0.39 is 11.6 Å². The maximum Gasteiger partial charge on any atom is 0.228 e. The summed E-state index contributed by atoms with van der Waals surface area (Å²) in [7, 11) is 0. The molecule has 0 N–H and O–H groups in total. The van der Waals surface area contributed by atoms with Crippen molar-refractivity contribution in [2.24, 2.45) is 0 Å². The van der Waals surface area contributed by atoms with E-state index in [1.165, 1.54) is 12.1 Å². The summed E-state index contributed by atoms with van der Waals surface area (Å²) in [5.74, 6) is -0.677. The Hall–Kier alpha value is -3.06. The number of amides is 1. The molecule has 2 aromatic carbocycles. The molecule has 4 nitrogen and oxygen atoms in total. The molecule has 1 amide bonds. The number of fused-ring (bicyclic) bond motifs is 1. The van der Waals surface area contributed by atoms with E-state index in [0.29, 0.717) is 41.1 Å². The topological polar surface area (TPSA) is 46.3 Å². The third kappa shape index (κ3) is 3.50. The summed E-state index contributed by atoms with van der Waals surface area (Å²) in [5, 5.41) is 1.96. The van der Waals surface area contributed by atoms with Gasteiger partial charge in [0, 0.05) is 23.1 Å². The van der Waals surface area contributed by atoms with Gasteiger partial charge in [-0.1, -0.05) is 12.1 Å². The van der Waals surface area contributed by atoms with Gasteiger partial charge >= 0.3 is 0 Å². The highest BCUT2D eigenvalue weighted by atomic mass is 32.1. The van der Waals surface area contributed by atoms with Gasteiger partial charge in [-0.2, -0.15) is 0 Å². The maximum absolute atomic E-state index is 14.2. The second-order valence-corrected chi connectivity index (χ2v) is 8.39. The van der Waals surface area contributed by atoms with Crippen molar-refractivity contribution in [1.82, 2.24) is 9.88 Å². The van der Waals surface area contributed by atoms with Crippen molar-refractivity contribution in [2.75, 3.05) is 6.54 Å². The van der Waals surface area contributed by atoms with Crippen LogP contribution in [0.25, 0.3) is 22.2 Å². The Labute approximate surface area is 175 Å². The number of likely N-dealkylation sites (tertiary alicyclic amines) is 1. The fourth-order valence-corrected chi connectivity index (χ4v) is 4.66. The molecule has 30 heavy (non-hydrogen) atoms. The summed E-state index contributed by atoms with van der Waals surface area (Å²) < 4.78 is 33.3. The molecule has 0 unspecified atom stereocenters. The average Bonchev–Trinajstić information content (AvgIpc) is 3.47. The van der Waals surface area contributed by atoms with Gasteiger partial charge in [-0.25, -0.2) is 13.8 Å². The number of carbonyl (C=O) groups is 1. The third-order valence-corrected chi connectivity index (χ3v) is 6.29. The van der Waals surface area contributed by atoms with E-state index >= 15 is 0 Å². The van der Waals surface area contributed by atoms with Crippen molar-refractivity contribution in [1.29, 1.82) is 0 Å². The molecule has 0 aliphatic carbocycles. The Kier molecular flexibility index (Phi) is 4.83. The molecule has 5 rings (SSSR count). The van der Waals surface area contributed by atoms with Crippen LogP contribution in [-0.2, 0) is 11.2 Å². The van der Waals surface area contributed by atoms with Gasteiger partial charge in [0.25, 0.3) is 0 Å². The summed E-state index contributed by atoms with van der Waals surface area (Å²) >= 11 is 1.57. The minimum absolute atomic E-state index is 0.0660. The van der Waals surface area contributed by atoms with Crippen LogP contribution in [0.5, 0.6) is 0 Å². The molecule has 4 aromatic rings. The fourth-order valence-electron chi connectivity index (χ4n) is 3.96. The number of rotatable bonds is 4. The van der Waals surface area contributed by atoms with Crippen molar-refractivity contribution in [2.45, 2.75) is 25.3 Å². The average molecular weight is 424 g/mol. The van der Waals surface area contributed by atoms with Crippen LogP contribution in [0.2, 0.25) is 0 Å². The number of carbonyl (C=O) groups excluding carboxylic acids is 1. The second kappa shape index (κ2) is 7.65. The van der Waals surface area contributed by atoms with Crippen LogP contribution in [0, 0.1) is 11.6 Å². The summed E-state index contributed by atoms with van der Waals surface area (Å²) in [6.45, 7) is 0.680. The number of nitrogens with zero attached hydrogens (tertiary/aromatic N) is 2. The van der Waals surface area contributed by atoms with E-state index in [1.54, 1.807) is 29.5 Å². The fraction of sp³-hybridized carbons (Fsp3) is 0.217. The van der Waals surface area contributed by atoms with E-state index in [9.17, 15) is 13.6 Å². The molecule has 1 aliphatic rings. The largest absolute Gasteiger partial charge is 0.438 e. The lowest BCUT2D eigenvalue weighted by Gasteiger charge is -2.22. The van der Waals surface area contributed by atoms with E-state index in [-0.39, 0.29) is 11.9 Å². The highest BCUT2D eigenvalue weighted by Gasteiger charge is 2.33. The Morgan fingerprint density at radius 3 is 2.90 bits per heavy atom. The molecule has 3 heterocycles. The first kappa shape index (κ1) is 18.9. The summed E-state index contributed by atoms with van der Waals surface area (Å²) in [6.07, 6.45) is 2.07. The first-order valence-corrected chi connectivity index (χ1v) is 10.6.